The van der Waals surface area contributed by atoms with Gasteiger partial charge in [-0.05, 0) is 56.0 Å². The van der Waals surface area contributed by atoms with Crippen molar-refractivity contribution in [2.24, 2.45) is 0 Å². The number of hydrogen-bond donors (Lipinski definition) is 1. The summed E-state index contributed by atoms with van der Waals surface area (Å²) >= 11 is 12.9. The Morgan fingerprint density at radius 2 is 1.81 bits per heavy atom. The molecule has 192 valence electrons. The van der Waals surface area contributed by atoms with E-state index in [1.165, 1.54) is 6.07 Å². The number of H-pyrrole nitrogens is 1. The lowest BCUT2D eigenvalue weighted by molar-refractivity contribution is 0.0246. The number of hydrogen-bond acceptors (Lipinski definition) is 7. The highest BCUT2D eigenvalue weighted by molar-refractivity contribution is 6.39. The summed E-state index contributed by atoms with van der Waals surface area (Å²) in [4.78, 5) is 15.6. The molecule has 0 radical (unpaired) electrons. The van der Waals surface area contributed by atoms with Crippen LogP contribution < -0.4 is 10.7 Å². The van der Waals surface area contributed by atoms with Crippen molar-refractivity contribution in [2.45, 2.75) is 44.3 Å². The molecular formula is C26H23Cl2FN4O4. The van der Waals surface area contributed by atoms with Gasteiger partial charge in [0.15, 0.2) is 5.82 Å². The molecule has 1 aliphatic heterocycles. The Morgan fingerprint density at radius 3 is 2.46 bits per heavy atom. The molecule has 0 amide bonds. The minimum atomic E-state index is -0.681. The van der Waals surface area contributed by atoms with E-state index in [1.54, 1.807) is 30.3 Å². The maximum atomic E-state index is 14.9. The van der Waals surface area contributed by atoms with Crippen LogP contribution in [0.25, 0.3) is 22.6 Å². The predicted molar refractivity (Wildman–Crippen MR) is 136 cm³/mol. The molecule has 1 aliphatic carbocycles. The largest absolute Gasteiger partial charge is 0.439 e. The number of nitrogens with one attached hydrogen (secondary N) is 1. The van der Waals surface area contributed by atoms with E-state index in [0.717, 1.165) is 37.0 Å². The van der Waals surface area contributed by atoms with Gasteiger partial charge in [0, 0.05) is 35.7 Å². The third kappa shape index (κ3) is 4.91. The van der Waals surface area contributed by atoms with E-state index in [0.29, 0.717) is 58.2 Å². The number of ether oxygens (including phenoxy) is 1. The first-order valence-electron chi connectivity index (χ1n) is 12.1. The summed E-state index contributed by atoms with van der Waals surface area (Å²) in [6.45, 7) is 1.63. The van der Waals surface area contributed by atoms with Gasteiger partial charge < -0.3 is 14.2 Å². The summed E-state index contributed by atoms with van der Waals surface area (Å²) in [5.41, 5.74) is 3.13. The molecule has 0 atom stereocenters. The van der Waals surface area contributed by atoms with Crippen molar-refractivity contribution in [1.82, 2.24) is 15.3 Å². The minimum absolute atomic E-state index is 0.00955. The predicted octanol–water partition coefficient (Wildman–Crippen LogP) is 6.19. The molecular weight excluding hydrogens is 522 g/mol. The molecule has 1 saturated heterocycles. The normalized spacial score (nSPS) is 16.5. The Bertz CT molecular complexity index is 1470. The van der Waals surface area contributed by atoms with Crippen molar-refractivity contribution in [2.75, 3.05) is 18.0 Å². The average Bonchev–Trinajstić information content (AvgIpc) is 3.51. The van der Waals surface area contributed by atoms with Gasteiger partial charge in [-0.3, -0.25) is 9.51 Å². The van der Waals surface area contributed by atoms with Crippen LogP contribution in [0.4, 0.5) is 10.1 Å². The Kier molecular flexibility index (Phi) is 6.52. The van der Waals surface area contributed by atoms with E-state index in [2.05, 4.69) is 19.8 Å². The molecule has 2 aromatic heterocycles. The van der Waals surface area contributed by atoms with E-state index in [4.69, 9.17) is 32.5 Å². The highest BCUT2D eigenvalue weighted by Gasteiger charge is 2.34. The molecule has 0 spiro atoms. The van der Waals surface area contributed by atoms with Crippen molar-refractivity contribution in [3.8, 4) is 22.6 Å². The van der Waals surface area contributed by atoms with Gasteiger partial charge in [0.05, 0.1) is 28.4 Å². The van der Waals surface area contributed by atoms with E-state index in [1.807, 2.05) is 4.90 Å². The molecule has 2 aliphatic rings. The molecule has 2 aromatic carbocycles. The fourth-order valence-corrected chi connectivity index (χ4v) is 5.35. The smallest absolute Gasteiger partial charge is 0.373 e. The molecule has 0 bridgehead atoms. The second kappa shape index (κ2) is 9.96. The molecule has 1 saturated carbocycles. The lowest BCUT2D eigenvalue weighted by Gasteiger charge is -2.33. The minimum Gasteiger partial charge on any atom is -0.373 e. The lowest BCUT2D eigenvalue weighted by Crippen LogP contribution is -2.37. The van der Waals surface area contributed by atoms with Gasteiger partial charge >= 0.3 is 5.76 Å². The summed E-state index contributed by atoms with van der Waals surface area (Å²) in [6, 6.07) is 10.1. The maximum absolute atomic E-state index is 14.9. The van der Waals surface area contributed by atoms with Gasteiger partial charge in [-0.2, -0.15) is 0 Å². The SMILES string of the molecule is O=c1[nH]c(-c2ccc(N3CCC(OCc4c(-c5c(Cl)cccc5Cl)noc4C4CC4)CC3)c(F)c2)no1. The van der Waals surface area contributed by atoms with E-state index < -0.39 is 5.76 Å². The first-order chi connectivity index (χ1) is 18.0. The van der Waals surface area contributed by atoms with Crippen LogP contribution in [-0.4, -0.2) is 34.5 Å². The van der Waals surface area contributed by atoms with Crippen molar-refractivity contribution in [3.63, 3.8) is 0 Å². The molecule has 8 nitrogen and oxygen atoms in total. The van der Waals surface area contributed by atoms with Crippen molar-refractivity contribution in [3.05, 3.63) is 74.1 Å². The van der Waals surface area contributed by atoms with Gasteiger partial charge in [-0.25, -0.2) is 9.18 Å². The van der Waals surface area contributed by atoms with E-state index in [-0.39, 0.29) is 17.7 Å². The standard InChI is InChI=1S/C26H23Cl2FN4O4/c27-18-2-1-3-19(28)22(18)23-17(24(36-31-23)14-4-5-14)13-35-16-8-10-33(11-9-16)21-7-6-15(12-20(21)29)25-30-26(34)37-32-25/h1-3,6-7,12,14,16H,4-5,8-11,13H2,(H,30,32,34). The molecule has 0 unspecified atom stereocenters. The number of piperidine rings is 1. The summed E-state index contributed by atoms with van der Waals surface area (Å²) in [5.74, 6) is 0.321. The zero-order valence-electron chi connectivity index (χ0n) is 19.7. The number of anilines is 1. The highest BCUT2D eigenvalue weighted by Crippen LogP contribution is 2.46. The zero-order valence-corrected chi connectivity index (χ0v) is 21.2. The zero-order chi connectivity index (χ0) is 25.5. The van der Waals surface area contributed by atoms with Gasteiger partial charge in [-0.15, -0.1) is 0 Å². The third-order valence-corrected chi connectivity index (χ3v) is 7.50. The van der Waals surface area contributed by atoms with Gasteiger partial charge in [0.25, 0.3) is 0 Å². The van der Waals surface area contributed by atoms with Crippen molar-refractivity contribution in [1.29, 1.82) is 0 Å². The third-order valence-electron chi connectivity index (χ3n) is 6.87. The van der Waals surface area contributed by atoms with Crippen LogP contribution in [0.1, 0.15) is 42.9 Å². The fourth-order valence-electron chi connectivity index (χ4n) is 4.78. The summed E-state index contributed by atoms with van der Waals surface area (Å²) in [6.07, 6.45) is 3.62. The summed E-state index contributed by atoms with van der Waals surface area (Å²) in [5, 5.41) is 8.96. The first-order valence-corrected chi connectivity index (χ1v) is 12.9. The van der Waals surface area contributed by atoms with Crippen LogP contribution in [0, 0.1) is 5.82 Å². The second-order valence-electron chi connectivity index (χ2n) is 9.35. The Balaban J connectivity index is 1.13. The summed E-state index contributed by atoms with van der Waals surface area (Å²) in [7, 11) is 0. The maximum Gasteiger partial charge on any atom is 0.439 e. The highest BCUT2D eigenvalue weighted by atomic mass is 35.5. The van der Waals surface area contributed by atoms with Crippen LogP contribution in [0.3, 0.4) is 0 Å². The molecule has 6 rings (SSSR count). The van der Waals surface area contributed by atoms with Crippen LogP contribution in [0.15, 0.2) is 50.2 Å². The van der Waals surface area contributed by atoms with Gasteiger partial charge in [-0.1, -0.05) is 39.6 Å². The number of rotatable bonds is 7. The molecule has 2 fully saturated rings. The van der Waals surface area contributed by atoms with Crippen molar-refractivity contribution < 1.29 is 18.2 Å². The second-order valence-corrected chi connectivity index (χ2v) is 10.2. The van der Waals surface area contributed by atoms with Crippen LogP contribution in [0.2, 0.25) is 10.0 Å². The van der Waals surface area contributed by atoms with E-state index in [9.17, 15) is 9.18 Å². The molecule has 4 aromatic rings. The van der Waals surface area contributed by atoms with Gasteiger partial charge in [0.1, 0.15) is 17.3 Å². The monoisotopic (exact) mass is 544 g/mol. The van der Waals surface area contributed by atoms with Crippen LogP contribution in [-0.2, 0) is 11.3 Å². The quantitative estimate of drug-likeness (QED) is 0.296. The molecule has 37 heavy (non-hydrogen) atoms. The molecule has 3 heterocycles. The van der Waals surface area contributed by atoms with Crippen molar-refractivity contribution >= 4 is 28.9 Å². The number of nitrogens with zero attached hydrogens (tertiary/aromatic N) is 3. The fraction of sp³-hybridized carbons (Fsp3) is 0.346. The Morgan fingerprint density at radius 1 is 1.05 bits per heavy atom. The summed E-state index contributed by atoms with van der Waals surface area (Å²) < 4.78 is 31.4. The first kappa shape index (κ1) is 24.2. The lowest BCUT2D eigenvalue weighted by atomic mass is 10.0. The van der Waals surface area contributed by atoms with E-state index >= 15 is 0 Å². The Labute approximate surface area is 221 Å². The van der Waals surface area contributed by atoms with Crippen LogP contribution in [0.5, 0.6) is 0 Å². The van der Waals surface area contributed by atoms with Gasteiger partial charge in [0.2, 0.25) is 0 Å². The number of halogens is 3. The Hall–Kier alpha value is -3.14. The number of aromatic nitrogens is 3. The average molecular weight is 545 g/mol. The number of aromatic amines is 1. The van der Waals surface area contributed by atoms with Crippen LogP contribution >= 0.6 is 23.2 Å². The number of benzene rings is 2. The molecule has 1 N–H and O–H groups in total. The molecule has 11 heteroatoms. The topological polar surface area (TPSA) is 97.4 Å².